The van der Waals surface area contributed by atoms with E-state index in [4.69, 9.17) is 10.7 Å². The Bertz CT molecular complexity index is 1090. The molecule has 4 rings (SSSR count). The molecule has 0 bridgehead atoms. The molecule has 1 saturated heterocycles. The highest BCUT2D eigenvalue weighted by molar-refractivity contribution is 5.78. The van der Waals surface area contributed by atoms with E-state index in [1.165, 1.54) is 36.1 Å². The lowest BCUT2D eigenvalue weighted by Gasteiger charge is -2.31. The van der Waals surface area contributed by atoms with Crippen LogP contribution in [0.5, 0.6) is 0 Å². The maximum Gasteiger partial charge on any atom is 0.110 e. The van der Waals surface area contributed by atoms with Crippen LogP contribution in [0.1, 0.15) is 57.2 Å². The molecule has 1 aromatic carbocycles. The van der Waals surface area contributed by atoms with Gasteiger partial charge < -0.3 is 16.0 Å². The monoisotopic (exact) mass is 440 g/mol. The second-order valence-electron chi connectivity index (χ2n) is 8.84. The summed E-state index contributed by atoms with van der Waals surface area (Å²) in [6, 6.07) is 12.6. The SMILES string of the molecule is C=C/C(NC(=C1CC1)c1nc(-c2cccc(CC)c2)ccc1N)=C(\C=C/C)N1CCCCC1. The van der Waals surface area contributed by atoms with Gasteiger partial charge in [0.15, 0.2) is 0 Å². The van der Waals surface area contributed by atoms with Crippen molar-refractivity contribution >= 4 is 11.4 Å². The third kappa shape index (κ3) is 5.39. The topological polar surface area (TPSA) is 54.2 Å². The molecule has 2 fully saturated rings. The van der Waals surface area contributed by atoms with Crippen LogP contribution in [0.25, 0.3) is 17.0 Å². The molecule has 33 heavy (non-hydrogen) atoms. The summed E-state index contributed by atoms with van der Waals surface area (Å²) in [5.41, 5.74) is 16.0. The smallest absolute Gasteiger partial charge is 0.110 e. The maximum absolute atomic E-state index is 6.48. The lowest BCUT2D eigenvalue weighted by atomic mass is 10.0. The Balaban J connectivity index is 1.73. The lowest BCUT2D eigenvalue weighted by molar-refractivity contribution is 0.290. The molecule has 1 aliphatic carbocycles. The first kappa shape index (κ1) is 22.9. The van der Waals surface area contributed by atoms with Crippen LogP contribution >= 0.6 is 0 Å². The number of pyridine rings is 1. The van der Waals surface area contributed by atoms with Gasteiger partial charge in [-0.25, -0.2) is 4.98 Å². The van der Waals surface area contributed by atoms with Crippen LogP contribution in [0.15, 0.2) is 78.2 Å². The Morgan fingerprint density at radius 3 is 2.61 bits per heavy atom. The largest absolute Gasteiger partial charge is 0.397 e. The van der Waals surface area contributed by atoms with Gasteiger partial charge in [-0.05, 0) is 86.9 Å². The number of nitrogens with two attached hydrogens (primary N) is 1. The number of nitrogen functional groups attached to an aromatic ring is 1. The number of hydrogen-bond donors (Lipinski definition) is 2. The summed E-state index contributed by atoms with van der Waals surface area (Å²) in [5, 5.41) is 3.71. The highest BCUT2D eigenvalue weighted by atomic mass is 15.2. The number of piperidine rings is 1. The third-order valence-corrected chi connectivity index (χ3v) is 6.41. The van der Waals surface area contributed by atoms with Crippen LogP contribution < -0.4 is 11.1 Å². The molecular formula is C29H36N4. The molecule has 1 saturated carbocycles. The third-order valence-electron chi connectivity index (χ3n) is 6.41. The van der Waals surface area contributed by atoms with Crippen LogP contribution in [-0.2, 0) is 6.42 Å². The summed E-state index contributed by atoms with van der Waals surface area (Å²) in [5.74, 6) is 0. The van der Waals surface area contributed by atoms with E-state index in [2.05, 4.69) is 67.1 Å². The van der Waals surface area contributed by atoms with Gasteiger partial charge in [0, 0.05) is 18.7 Å². The summed E-state index contributed by atoms with van der Waals surface area (Å²) in [7, 11) is 0. The summed E-state index contributed by atoms with van der Waals surface area (Å²) in [4.78, 5) is 7.52. The summed E-state index contributed by atoms with van der Waals surface area (Å²) < 4.78 is 0. The molecule has 0 atom stereocenters. The van der Waals surface area contributed by atoms with E-state index in [1.54, 1.807) is 0 Å². The molecule has 3 N–H and O–H groups in total. The van der Waals surface area contributed by atoms with Crippen LogP contribution in [-0.4, -0.2) is 23.0 Å². The standard InChI is InChI=1S/C29H36N4/c1-4-11-27(33-18-8-7-9-19-33)25(6-3)31-28(22-14-15-22)29-24(30)16-17-26(32-29)23-13-10-12-21(5-2)20-23/h4,6,10-13,16-17,20,31H,3,5,7-9,14-15,18-19,30H2,1-2H3/b11-4-,27-25-. The minimum absolute atomic E-state index is 0.696. The molecule has 0 radical (unpaired) electrons. The van der Waals surface area contributed by atoms with E-state index >= 15 is 0 Å². The van der Waals surface area contributed by atoms with Gasteiger partial charge in [-0.1, -0.05) is 37.8 Å². The molecule has 0 spiro atoms. The van der Waals surface area contributed by atoms with E-state index in [1.807, 2.05) is 18.2 Å². The maximum atomic E-state index is 6.48. The minimum Gasteiger partial charge on any atom is -0.397 e. The second-order valence-corrected chi connectivity index (χ2v) is 8.84. The van der Waals surface area contributed by atoms with Crippen molar-refractivity contribution in [2.24, 2.45) is 0 Å². The highest BCUT2D eigenvalue weighted by Gasteiger charge is 2.24. The zero-order chi connectivity index (χ0) is 23.2. The lowest BCUT2D eigenvalue weighted by Crippen LogP contribution is -2.31. The average Bonchev–Trinajstić information content (AvgIpc) is 3.70. The Hall–Kier alpha value is -3.27. The molecule has 2 aromatic rings. The predicted octanol–water partition coefficient (Wildman–Crippen LogP) is 6.45. The minimum atomic E-state index is 0.696. The van der Waals surface area contributed by atoms with Gasteiger partial charge in [0.1, 0.15) is 5.69 Å². The summed E-state index contributed by atoms with van der Waals surface area (Å²) in [6.45, 7) is 10.5. The van der Waals surface area contributed by atoms with Crippen LogP contribution in [0.4, 0.5) is 5.69 Å². The number of allylic oxidation sites excluding steroid dienone is 4. The first-order valence-electron chi connectivity index (χ1n) is 12.2. The molecule has 1 aromatic heterocycles. The van der Waals surface area contributed by atoms with Crippen molar-refractivity contribution < 1.29 is 0 Å². The Labute approximate surface area is 198 Å². The molecule has 172 valence electrons. The Morgan fingerprint density at radius 1 is 1.15 bits per heavy atom. The van der Waals surface area contributed by atoms with Crippen molar-refractivity contribution in [1.82, 2.24) is 15.2 Å². The van der Waals surface area contributed by atoms with Crippen molar-refractivity contribution in [2.75, 3.05) is 18.8 Å². The number of likely N-dealkylation sites (tertiary alicyclic amines) is 1. The fourth-order valence-electron chi connectivity index (χ4n) is 4.42. The normalized spacial score (nSPS) is 16.5. The number of aromatic nitrogens is 1. The number of nitrogens with zero attached hydrogens (tertiary/aromatic N) is 2. The molecule has 1 aliphatic heterocycles. The first-order valence-corrected chi connectivity index (χ1v) is 12.2. The van der Waals surface area contributed by atoms with Gasteiger partial charge >= 0.3 is 0 Å². The molecule has 0 amide bonds. The molecule has 4 heteroatoms. The van der Waals surface area contributed by atoms with Crippen molar-refractivity contribution in [3.05, 3.63) is 89.4 Å². The zero-order valence-corrected chi connectivity index (χ0v) is 20.0. The Kier molecular flexibility index (Phi) is 7.33. The number of benzene rings is 1. The van der Waals surface area contributed by atoms with Gasteiger partial charge in [0.05, 0.1) is 28.5 Å². The molecule has 2 heterocycles. The van der Waals surface area contributed by atoms with E-state index in [0.717, 1.165) is 60.7 Å². The van der Waals surface area contributed by atoms with Crippen LogP contribution in [0.3, 0.4) is 0 Å². The molecule has 0 unspecified atom stereocenters. The number of rotatable bonds is 8. The number of anilines is 1. The van der Waals surface area contributed by atoms with Gasteiger partial charge in [-0.2, -0.15) is 0 Å². The van der Waals surface area contributed by atoms with Gasteiger partial charge in [-0.3, -0.25) is 0 Å². The number of hydrogen-bond acceptors (Lipinski definition) is 4. The molecule has 4 nitrogen and oxygen atoms in total. The van der Waals surface area contributed by atoms with Crippen molar-refractivity contribution in [3.8, 4) is 11.3 Å². The first-order chi connectivity index (χ1) is 16.1. The van der Waals surface area contributed by atoms with Crippen LogP contribution in [0, 0.1) is 0 Å². The summed E-state index contributed by atoms with van der Waals surface area (Å²) in [6.07, 6.45) is 13.1. The highest BCUT2D eigenvalue weighted by Crippen LogP contribution is 2.38. The van der Waals surface area contributed by atoms with E-state index in [9.17, 15) is 0 Å². The quantitative estimate of drug-likeness (QED) is 0.463. The van der Waals surface area contributed by atoms with E-state index in [0.29, 0.717) is 5.69 Å². The average molecular weight is 441 g/mol. The Morgan fingerprint density at radius 2 is 1.94 bits per heavy atom. The molecular weight excluding hydrogens is 404 g/mol. The van der Waals surface area contributed by atoms with E-state index in [-0.39, 0.29) is 0 Å². The predicted molar refractivity (Wildman–Crippen MR) is 140 cm³/mol. The number of aryl methyl sites for hydroxylation is 1. The summed E-state index contributed by atoms with van der Waals surface area (Å²) >= 11 is 0. The van der Waals surface area contributed by atoms with Gasteiger partial charge in [0.25, 0.3) is 0 Å². The fourth-order valence-corrected chi connectivity index (χ4v) is 4.42. The van der Waals surface area contributed by atoms with E-state index < -0.39 is 0 Å². The number of nitrogens with one attached hydrogen (secondary N) is 1. The van der Waals surface area contributed by atoms with Crippen molar-refractivity contribution in [3.63, 3.8) is 0 Å². The van der Waals surface area contributed by atoms with Gasteiger partial charge in [0.2, 0.25) is 0 Å². The van der Waals surface area contributed by atoms with Crippen molar-refractivity contribution in [1.29, 1.82) is 0 Å². The van der Waals surface area contributed by atoms with Gasteiger partial charge in [-0.15, -0.1) is 0 Å². The molecule has 2 aliphatic rings. The fraction of sp³-hybridized carbons (Fsp3) is 0.345. The zero-order valence-electron chi connectivity index (χ0n) is 20.0. The van der Waals surface area contributed by atoms with Crippen LogP contribution in [0.2, 0.25) is 0 Å². The second kappa shape index (κ2) is 10.6. The van der Waals surface area contributed by atoms with Crippen molar-refractivity contribution in [2.45, 2.75) is 52.4 Å².